The van der Waals surface area contributed by atoms with Crippen LogP contribution in [0.4, 0.5) is 0 Å². The number of nitrogens with zero attached hydrogens (tertiary/aromatic N) is 1. The summed E-state index contributed by atoms with van der Waals surface area (Å²) in [4.78, 5) is 25.0. The number of rotatable bonds is 4. The molecule has 1 amide bonds. The Hall–Kier alpha value is -1.58. The molecule has 1 saturated carbocycles. The maximum Gasteiger partial charge on any atom is 0.307 e. The van der Waals surface area contributed by atoms with Crippen molar-refractivity contribution in [2.24, 2.45) is 23.7 Å². The Morgan fingerprint density at radius 1 is 1.41 bits per heavy atom. The predicted octanol–water partition coefficient (Wildman–Crippen LogP) is 1.15. The monoisotopic (exact) mass is 235 g/mol. The van der Waals surface area contributed by atoms with E-state index in [0.29, 0.717) is 6.54 Å². The number of carboxylic acids is 1. The molecule has 0 radical (unpaired) electrons. The number of fused-ring (bicyclic) bond motifs is 2. The van der Waals surface area contributed by atoms with Crippen LogP contribution < -0.4 is 0 Å². The number of aliphatic carboxylic acids is 1. The molecule has 0 aliphatic heterocycles. The molecule has 2 aliphatic carbocycles. The van der Waals surface area contributed by atoms with E-state index in [1.807, 2.05) is 12.2 Å². The number of allylic oxidation sites excluding steroid dienone is 2. The van der Waals surface area contributed by atoms with Gasteiger partial charge in [0, 0.05) is 13.6 Å². The van der Waals surface area contributed by atoms with E-state index in [1.54, 1.807) is 18.0 Å². The topological polar surface area (TPSA) is 57.6 Å². The van der Waals surface area contributed by atoms with Crippen molar-refractivity contribution in [3.63, 3.8) is 0 Å². The van der Waals surface area contributed by atoms with Crippen LogP contribution in [0.1, 0.15) is 6.42 Å². The van der Waals surface area contributed by atoms with Gasteiger partial charge >= 0.3 is 5.97 Å². The summed E-state index contributed by atoms with van der Waals surface area (Å²) in [6.07, 6.45) is 6.39. The zero-order valence-electron chi connectivity index (χ0n) is 9.87. The quantitative estimate of drug-likeness (QED) is 0.744. The summed E-state index contributed by atoms with van der Waals surface area (Å²) in [5.74, 6) is -1.75. The molecule has 1 N–H and O–H groups in total. The molecule has 2 unspecified atom stereocenters. The third-order valence-electron chi connectivity index (χ3n) is 3.81. The van der Waals surface area contributed by atoms with Gasteiger partial charge in [-0.1, -0.05) is 18.2 Å². The molecule has 0 aromatic rings. The number of hydrogen-bond acceptors (Lipinski definition) is 2. The summed E-state index contributed by atoms with van der Waals surface area (Å²) in [5, 5.41) is 9.24. The van der Waals surface area contributed by atoms with E-state index in [4.69, 9.17) is 0 Å². The highest BCUT2D eigenvalue weighted by Crippen LogP contribution is 2.48. The first-order valence-corrected chi connectivity index (χ1v) is 5.83. The average molecular weight is 235 g/mol. The van der Waals surface area contributed by atoms with Crippen LogP contribution in [0.25, 0.3) is 0 Å². The Morgan fingerprint density at radius 3 is 2.53 bits per heavy atom. The second-order valence-corrected chi connectivity index (χ2v) is 4.85. The average Bonchev–Trinajstić information content (AvgIpc) is 2.87. The molecule has 4 heteroatoms. The van der Waals surface area contributed by atoms with E-state index in [2.05, 4.69) is 6.58 Å². The summed E-state index contributed by atoms with van der Waals surface area (Å²) >= 11 is 0. The highest BCUT2D eigenvalue weighted by molar-refractivity contribution is 5.86. The van der Waals surface area contributed by atoms with Crippen LogP contribution in [0.5, 0.6) is 0 Å². The molecule has 2 rings (SSSR count). The molecule has 0 aromatic heterocycles. The lowest BCUT2D eigenvalue weighted by Crippen LogP contribution is -2.41. The summed E-state index contributed by atoms with van der Waals surface area (Å²) in [6.45, 7) is 4.05. The first-order valence-electron chi connectivity index (χ1n) is 5.83. The Morgan fingerprint density at radius 2 is 2.00 bits per heavy atom. The lowest BCUT2D eigenvalue weighted by Gasteiger charge is -2.27. The molecule has 2 bridgehead atoms. The van der Waals surface area contributed by atoms with Crippen molar-refractivity contribution < 1.29 is 14.7 Å². The molecule has 4 nitrogen and oxygen atoms in total. The van der Waals surface area contributed by atoms with E-state index in [9.17, 15) is 14.7 Å². The first kappa shape index (κ1) is 11.9. The van der Waals surface area contributed by atoms with Crippen molar-refractivity contribution >= 4 is 11.9 Å². The van der Waals surface area contributed by atoms with Gasteiger partial charge in [-0.15, -0.1) is 6.58 Å². The van der Waals surface area contributed by atoms with Crippen molar-refractivity contribution in [2.75, 3.05) is 13.6 Å². The summed E-state index contributed by atoms with van der Waals surface area (Å²) in [6, 6.07) is 0. The molecule has 1 fully saturated rings. The van der Waals surface area contributed by atoms with Crippen LogP contribution in [0.2, 0.25) is 0 Å². The summed E-state index contributed by atoms with van der Waals surface area (Å²) < 4.78 is 0. The van der Waals surface area contributed by atoms with Crippen molar-refractivity contribution in [2.45, 2.75) is 6.42 Å². The fourth-order valence-electron chi connectivity index (χ4n) is 3.03. The molecule has 2 aliphatic rings. The third kappa shape index (κ3) is 1.88. The fourth-order valence-corrected chi connectivity index (χ4v) is 3.03. The lowest BCUT2D eigenvalue weighted by molar-refractivity contribution is -0.150. The van der Waals surface area contributed by atoms with Gasteiger partial charge in [0.2, 0.25) is 5.91 Å². The van der Waals surface area contributed by atoms with E-state index in [-0.39, 0.29) is 17.7 Å². The van der Waals surface area contributed by atoms with Crippen molar-refractivity contribution in [3.8, 4) is 0 Å². The molecule has 17 heavy (non-hydrogen) atoms. The predicted molar refractivity (Wildman–Crippen MR) is 63.2 cm³/mol. The van der Waals surface area contributed by atoms with Gasteiger partial charge in [0.25, 0.3) is 0 Å². The van der Waals surface area contributed by atoms with Crippen molar-refractivity contribution in [1.29, 1.82) is 0 Å². The van der Waals surface area contributed by atoms with E-state index < -0.39 is 17.8 Å². The van der Waals surface area contributed by atoms with Crippen molar-refractivity contribution in [3.05, 3.63) is 24.8 Å². The highest BCUT2D eigenvalue weighted by atomic mass is 16.4. The molecule has 0 aromatic carbocycles. The van der Waals surface area contributed by atoms with E-state index in [1.165, 1.54) is 0 Å². The van der Waals surface area contributed by atoms with Crippen LogP contribution in [0.3, 0.4) is 0 Å². The zero-order chi connectivity index (χ0) is 12.6. The number of hydrogen-bond donors (Lipinski definition) is 1. The number of amides is 1. The van der Waals surface area contributed by atoms with Crippen LogP contribution in [-0.4, -0.2) is 35.5 Å². The first-order chi connectivity index (χ1) is 8.06. The van der Waals surface area contributed by atoms with Crippen LogP contribution in [0, 0.1) is 23.7 Å². The standard InChI is InChI=1S/C13H17NO3/c1-3-6-14(2)12(15)10-8-4-5-9(7-8)11(10)13(16)17/h3-5,8-11H,1,6-7H2,2H3,(H,16,17)/t8?,9?,10-,11+/m0/s1. The maximum atomic E-state index is 12.2. The number of carbonyl (C=O) groups is 2. The Bertz CT molecular complexity index is 388. The molecular weight excluding hydrogens is 218 g/mol. The second-order valence-electron chi connectivity index (χ2n) is 4.85. The number of likely N-dealkylation sites (N-methyl/N-ethyl adjacent to an activating group) is 1. The molecule has 92 valence electrons. The second kappa shape index (κ2) is 4.35. The zero-order valence-corrected chi connectivity index (χ0v) is 9.87. The number of carboxylic acid groups (broad SMARTS) is 1. The minimum Gasteiger partial charge on any atom is -0.481 e. The smallest absolute Gasteiger partial charge is 0.307 e. The Labute approximate surface area is 101 Å². The fraction of sp³-hybridized carbons (Fsp3) is 0.538. The van der Waals surface area contributed by atoms with Gasteiger partial charge in [0.05, 0.1) is 11.8 Å². The van der Waals surface area contributed by atoms with E-state index in [0.717, 1.165) is 6.42 Å². The van der Waals surface area contributed by atoms with Gasteiger partial charge < -0.3 is 10.0 Å². The molecular formula is C13H17NO3. The van der Waals surface area contributed by atoms with Gasteiger partial charge in [-0.05, 0) is 18.3 Å². The number of carbonyl (C=O) groups excluding carboxylic acids is 1. The molecule has 0 saturated heterocycles. The SMILES string of the molecule is C=CCN(C)C(=O)[C@H]1C2C=CC(C2)[C@H]1C(=O)O. The maximum absolute atomic E-state index is 12.2. The summed E-state index contributed by atoms with van der Waals surface area (Å²) in [7, 11) is 1.69. The van der Waals surface area contributed by atoms with Crippen LogP contribution in [0.15, 0.2) is 24.8 Å². The molecule has 0 heterocycles. The third-order valence-corrected chi connectivity index (χ3v) is 3.81. The highest BCUT2D eigenvalue weighted by Gasteiger charge is 2.52. The van der Waals surface area contributed by atoms with Crippen LogP contribution in [-0.2, 0) is 9.59 Å². The van der Waals surface area contributed by atoms with Gasteiger partial charge in [-0.25, -0.2) is 0 Å². The van der Waals surface area contributed by atoms with Gasteiger partial charge in [0.1, 0.15) is 0 Å². The minimum absolute atomic E-state index is 0.0311. The lowest BCUT2D eigenvalue weighted by atomic mass is 9.82. The van der Waals surface area contributed by atoms with E-state index >= 15 is 0 Å². The largest absolute Gasteiger partial charge is 0.481 e. The van der Waals surface area contributed by atoms with Gasteiger partial charge in [0.15, 0.2) is 0 Å². The molecule has 4 atom stereocenters. The summed E-state index contributed by atoms with van der Waals surface area (Å²) in [5.41, 5.74) is 0. The van der Waals surface area contributed by atoms with Gasteiger partial charge in [-0.2, -0.15) is 0 Å². The molecule has 0 spiro atoms. The normalized spacial score (nSPS) is 33.7. The van der Waals surface area contributed by atoms with Crippen molar-refractivity contribution in [1.82, 2.24) is 4.90 Å². The Balaban J connectivity index is 2.19. The van der Waals surface area contributed by atoms with Gasteiger partial charge in [-0.3, -0.25) is 9.59 Å². The van der Waals surface area contributed by atoms with Crippen LogP contribution >= 0.6 is 0 Å². The minimum atomic E-state index is -0.854. The Kier molecular flexibility index (Phi) is 3.05.